The smallest absolute Gasteiger partial charge is 0.310 e. The lowest BCUT2D eigenvalue weighted by Crippen LogP contribution is -2.39. The Balaban J connectivity index is 3.18. The second-order valence-corrected chi connectivity index (χ2v) is 8.70. The van der Waals surface area contributed by atoms with E-state index in [4.69, 9.17) is 0 Å². The van der Waals surface area contributed by atoms with Crippen molar-refractivity contribution in [2.75, 3.05) is 18.1 Å². The second kappa shape index (κ2) is 6.84. The fraction of sp³-hybridized carbons (Fsp3) is 0.600. The normalized spacial score (nSPS) is 13.9. The van der Waals surface area contributed by atoms with Crippen LogP contribution >= 0.6 is 0 Å². The van der Waals surface area contributed by atoms with Gasteiger partial charge in [0.1, 0.15) is 10.6 Å². The van der Waals surface area contributed by atoms with Crippen molar-refractivity contribution in [2.45, 2.75) is 38.7 Å². The number of benzene rings is 1. The van der Waals surface area contributed by atoms with Crippen molar-refractivity contribution in [1.82, 2.24) is 0 Å². The van der Waals surface area contributed by atoms with Gasteiger partial charge in [0, 0.05) is 18.2 Å². The minimum absolute atomic E-state index is 0.0316. The summed E-state index contributed by atoms with van der Waals surface area (Å²) >= 11 is 0. The topological polar surface area (TPSA) is 110 Å². The monoisotopic (exact) mass is 344 g/mol. The maximum absolute atomic E-state index is 11.7. The Morgan fingerprint density at radius 2 is 1.91 bits per heavy atom. The summed E-state index contributed by atoms with van der Waals surface area (Å²) in [6.45, 7) is 7.73. The van der Waals surface area contributed by atoms with E-state index in [-0.39, 0.29) is 23.0 Å². The molecule has 0 fully saturated rings. The van der Waals surface area contributed by atoms with Crippen LogP contribution in [0.2, 0.25) is 0 Å². The molecule has 1 unspecified atom stereocenters. The maximum atomic E-state index is 11.7. The SMILES string of the molecule is CC(C)C(O)C(C)(C)CNc1cccc(S(C)(=O)=O)c1[N+](=O)[O-]. The molecule has 130 valence electrons. The summed E-state index contributed by atoms with van der Waals surface area (Å²) in [5, 5.41) is 24.4. The quantitative estimate of drug-likeness (QED) is 0.581. The van der Waals surface area contributed by atoms with Gasteiger partial charge >= 0.3 is 5.69 Å². The Labute approximate surface area is 136 Å². The zero-order valence-corrected chi connectivity index (χ0v) is 14.8. The summed E-state index contributed by atoms with van der Waals surface area (Å²) in [6, 6.07) is 4.13. The van der Waals surface area contributed by atoms with Crippen LogP contribution in [-0.2, 0) is 9.84 Å². The Morgan fingerprint density at radius 1 is 1.35 bits per heavy atom. The van der Waals surface area contributed by atoms with Crippen LogP contribution in [0.25, 0.3) is 0 Å². The molecule has 0 bridgehead atoms. The van der Waals surface area contributed by atoms with Crippen molar-refractivity contribution in [3.63, 3.8) is 0 Å². The summed E-state index contributed by atoms with van der Waals surface area (Å²) < 4.78 is 23.5. The Hall–Kier alpha value is -1.67. The molecule has 8 heteroatoms. The number of aliphatic hydroxyl groups excluding tert-OH is 1. The number of nitrogens with zero attached hydrogens (tertiary/aromatic N) is 1. The van der Waals surface area contributed by atoms with E-state index in [1.54, 1.807) is 0 Å². The van der Waals surface area contributed by atoms with Gasteiger partial charge in [0.05, 0.1) is 11.0 Å². The number of rotatable bonds is 7. The molecule has 2 N–H and O–H groups in total. The third kappa shape index (κ3) is 4.65. The number of aliphatic hydroxyl groups is 1. The van der Waals surface area contributed by atoms with Gasteiger partial charge in [-0.25, -0.2) is 8.42 Å². The van der Waals surface area contributed by atoms with E-state index in [0.29, 0.717) is 0 Å². The highest BCUT2D eigenvalue weighted by Crippen LogP contribution is 2.33. The predicted molar refractivity (Wildman–Crippen MR) is 89.3 cm³/mol. The summed E-state index contributed by atoms with van der Waals surface area (Å²) in [6.07, 6.45) is 0.332. The standard InChI is InChI=1S/C15H24N2O5S/c1-10(2)14(18)15(3,4)9-16-11-7-6-8-12(23(5,21)22)13(11)17(19)20/h6-8,10,14,16,18H,9H2,1-5H3. The average molecular weight is 344 g/mol. The van der Waals surface area contributed by atoms with E-state index in [9.17, 15) is 23.6 Å². The van der Waals surface area contributed by atoms with Gasteiger partial charge in [-0.05, 0) is 18.1 Å². The van der Waals surface area contributed by atoms with E-state index >= 15 is 0 Å². The molecule has 23 heavy (non-hydrogen) atoms. The van der Waals surface area contributed by atoms with Crippen molar-refractivity contribution >= 4 is 21.2 Å². The summed E-state index contributed by atoms with van der Waals surface area (Å²) in [7, 11) is -3.72. The van der Waals surface area contributed by atoms with Gasteiger partial charge in [-0.1, -0.05) is 33.8 Å². The van der Waals surface area contributed by atoms with E-state index in [0.717, 1.165) is 6.26 Å². The molecular formula is C15H24N2O5S. The molecule has 0 radical (unpaired) electrons. The van der Waals surface area contributed by atoms with Crippen molar-refractivity contribution < 1.29 is 18.4 Å². The van der Waals surface area contributed by atoms with Crippen molar-refractivity contribution in [3.05, 3.63) is 28.3 Å². The Bertz CT molecular complexity index is 683. The van der Waals surface area contributed by atoms with Gasteiger partial charge in [-0.15, -0.1) is 0 Å². The van der Waals surface area contributed by atoms with Gasteiger partial charge in [0.15, 0.2) is 9.84 Å². The van der Waals surface area contributed by atoms with Crippen LogP contribution in [0.4, 0.5) is 11.4 Å². The maximum Gasteiger partial charge on any atom is 0.310 e. The lowest BCUT2D eigenvalue weighted by molar-refractivity contribution is -0.386. The van der Waals surface area contributed by atoms with E-state index in [1.807, 2.05) is 27.7 Å². The molecule has 7 nitrogen and oxygen atoms in total. The number of nitro benzene ring substituents is 1. The molecule has 1 rings (SSSR count). The van der Waals surface area contributed by atoms with Crippen LogP contribution in [0.1, 0.15) is 27.7 Å². The number of hydrogen-bond acceptors (Lipinski definition) is 6. The van der Waals surface area contributed by atoms with E-state index in [1.165, 1.54) is 18.2 Å². The summed E-state index contributed by atoms with van der Waals surface area (Å²) in [4.78, 5) is 10.3. The molecule has 1 aromatic rings. The minimum Gasteiger partial charge on any atom is -0.392 e. The number of nitrogens with one attached hydrogen (secondary N) is 1. The number of para-hydroxylation sites is 1. The van der Waals surface area contributed by atoms with Gasteiger partial charge in [-0.3, -0.25) is 10.1 Å². The zero-order valence-electron chi connectivity index (χ0n) is 14.0. The van der Waals surface area contributed by atoms with E-state index < -0.39 is 32.0 Å². The predicted octanol–water partition coefficient (Wildman–Crippen LogP) is 2.45. The molecule has 0 aliphatic rings. The van der Waals surface area contributed by atoms with Gasteiger partial charge in [0.2, 0.25) is 0 Å². The number of sulfone groups is 1. The third-order valence-electron chi connectivity index (χ3n) is 3.75. The highest BCUT2D eigenvalue weighted by Gasteiger charge is 2.32. The number of hydrogen-bond donors (Lipinski definition) is 2. The molecule has 0 aromatic heterocycles. The van der Waals surface area contributed by atoms with Crippen LogP contribution in [0.5, 0.6) is 0 Å². The molecule has 0 aliphatic carbocycles. The summed E-state index contributed by atoms with van der Waals surface area (Å²) in [5.74, 6) is 0.0316. The van der Waals surface area contributed by atoms with Crippen LogP contribution < -0.4 is 5.32 Å². The molecular weight excluding hydrogens is 320 g/mol. The average Bonchev–Trinajstić information content (AvgIpc) is 2.42. The lowest BCUT2D eigenvalue weighted by atomic mass is 9.80. The van der Waals surface area contributed by atoms with Crippen LogP contribution in [0.3, 0.4) is 0 Å². The molecule has 0 heterocycles. The Kier molecular flexibility index (Phi) is 5.76. The van der Waals surface area contributed by atoms with Gasteiger partial charge in [0.25, 0.3) is 0 Å². The first-order chi connectivity index (χ1) is 10.4. The highest BCUT2D eigenvalue weighted by atomic mass is 32.2. The van der Waals surface area contributed by atoms with E-state index in [2.05, 4.69) is 5.32 Å². The second-order valence-electron chi connectivity index (χ2n) is 6.71. The lowest BCUT2D eigenvalue weighted by Gasteiger charge is -2.33. The Morgan fingerprint density at radius 3 is 2.35 bits per heavy atom. The van der Waals surface area contributed by atoms with Crippen molar-refractivity contribution in [2.24, 2.45) is 11.3 Å². The molecule has 0 saturated heterocycles. The van der Waals surface area contributed by atoms with Crippen LogP contribution in [0, 0.1) is 21.4 Å². The molecule has 1 aromatic carbocycles. The van der Waals surface area contributed by atoms with Crippen LogP contribution in [0.15, 0.2) is 23.1 Å². The largest absolute Gasteiger partial charge is 0.392 e. The number of nitro groups is 1. The van der Waals surface area contributed by atoms with Gasteiger partial charge < -0.3 is 10.4 Å². The molecule has 0 spiro atoms. The molecule has 0 saturated carbocycles. The summed E-state index contributed by atoms with van der Waals surface area (Å²) in [5.41, 5.74) is -0.879. The fourth-order valence-electron chi connectivity index (χ4n) is 2.48. The first kappa shape index (κ1) is 19.4. The first-order valence-corrected chi connectivity index (χ1v) is 9.16. The first-order valence-electron chi connectivity index (χ1n) is 7.27. The van der Waals surface area contributed by atoms with Crippen molar-refractivity contribution in [3.8, 4) is 0 Å². The third-order valence-corrected chi connectivity index (χ3v) is 4.88. The highest BCUT2D eigenvalue weighted by molar-refractivity contribution is 7.90. The molecule has 1 atom stereocenters. The zero-order chi connectivity index (χ0) is 18.0. The number of anilines is 1. The molecule has 0 amide bonds. The fourth-order valence-corrected chi connectivity index (χ4v) is 3.34. The van der Waals surface area contributed by atoms with Crippen molar-refractivity contribution in [1.29, 1.82) is 0 Å². The van der Waals surface area contributed by atoms with Gasteiger partial charge in [-0.2, -0.15) is 0 Å². The molecule has 0 aliphatic heterocycles. The van der Waals surface area contributed by atoms with Crippen LogP contribution in [-0.4, -0.2) is 37.4 Å². The minimum atomic E-state index is -3.72.